The molecule has 0 aromatic heterocycles. The Bertz CT molecular complexity index is 636. The maximum Gasteiger partial charge on any atom is 0.157 e. The second-order valence-electron chi connectivity index (χ2n) is 6.77. The van der Waals surface area contributed by atoms with Crippen LogP contribution in [0.25, 0.3) is 0 Å². The Morgan fingerprint density at radius 2 is 2.32 bits per heavy atom. The molecule has 4 rings (SSSR count). The lowest BCUT2D eigenvalue weighted by Gasteiger charge is -2.44. The number of fused-ring (bicyclic) bond motifs is 1. The van der Waals surface area contributed by atoms with Crippen molar-refractivity contribution < 1.29 is 9.53 Å². The highest BCUT2D eigenvalue weighted by Crippen LogP contribution is 2.53. The molecule has 0 radical (unpaired) electrons. The van der Waals surface area contributed by atoms with Gasteiger partial charge in [-0.15, -0.1) is 0 Å². The predicted octanol–water partition coefficient (Wildman–Crippen LogP) is 3.22. The lowest BCUT2D eigenvalue weighted by Crippen LogP contribution is -2.48. The standard InChI is InChI=1S/C19H23NO2/c1-2-3-11-22-16-6-4-5-14-13-20-10-9-19(18(14)16)8-7-15(21)12-17(19)20/h4-8,17H,2-3,9-13H2,1H3/t17-,19+/m0/s1. The van der Waals surface area contributed by atoms with Gasteiger partial charge in [0.15, 0.2) is 5.78 Å². The van der Waals surface area contributed by atoms with E-state index < -0.39 is 0 Å². The van der Waals surface area contributed by atoms with Gasteiger partial charge in [-0.2, -0.15) is 0 Å². The third-order valence-corrected chi connectivity index (χ3v) is 5.52. The van der Waals surface area contributed by atoms with Gasteiger partial charge in [0, 0.05) is 36.5 Å². The topological polar surface area (TPSA) is 29.5 Å². The van der Waals surface area contributed by atoms with Crippen LogP contribution < -0.4 is 4.74 Å². The molecule has 116 valence electrons. The average Bonchev–Trinajstić information content (AvgIpc) is 2.78. The van der Waals surface area contributed by atoms with Crippen LogP contribution in [0.1, 0.15) is 43.7 Å². The number of ether oxygens (including phenoxy) is 1. The number of hydrogen-bond acceptors (Lipinski definition) is 3. The number of rotatable bonds is 4. The zero-order valence-electron chi connectivity index (χ0n) is 13.2. The number of carbonyl (C=O) groups is 1. The molecule has 3 aliphatic rings. The van der Waals surface area contributed by atoms with Gasteiger partial charge in [-0.05, 0) is 30.5 Å². The van der Waals surface area contributed by atoms with Gasteiger partial charge in [0.1, 0.15) is 5.75 Å². The van der Waals surface area contributed by atoms with Crippen molar-refractivity contribution in [3.63, 3.8) is 0 Å². The van der Waals surface area contributed by atoms with Crippen LogP contribution in [-0.2, 0) is 16.8 Å². The lowest BCUT2D eigenvalue weighted by atomic mass is 9.66. The van der Waals surface area contributed by atoms with Crippen molar-refractivity contribution in [2.75, 3.05) is 13.2 Å². The van der Waals surface area contributed by atoms with Crippen LogP contribution in [-0.4, -0.2) is 29.9 Å². The first-order valence-electron chi connectivity index (χ1n) is 8.46. The normalized spacial score (nSPS) is 31.8. The molecule has 0 spiro atoms. The third kappa shape index (κ3) is 1.95. The van der Waals surface area contributed by atoms with Crippen molar-refractivity contribution in [2.45, 2.75) is 50.6 Å². The second-order valence-corrected chi connectivity index (χ2v) is 6.77. The highest BCUT2D eigenvalue weighted by molar-refractivity contribution is 5.92. The van der Waals surface area contributed by atoms with E-state index in [0.717, 1.165) is 44.7 Å². The van der Waals surface area contributed by atoms with E-state index in [1.54, 1.807) is 6.08 Å². The average molecular weight is 297 g/mol. The van der Waals surface area contributed by atoms with Crippen LogP contribution >= 0.6 is 0 Å². The van der Waals surface area contributed by atoms with Crippen molar-refractivity contribution in [3.05, 3.63) is 41.5 Å². The van der Waals surface area contributed by atoms with Crippen molar-refractivity contribution in [1.29, 1.82) is 0 Å². The molecular weight excluding hydrogens is 274 g/mol. The molecule has 2 heterocycles. The zero-order valence-corrected chi connectivity index (χ0v) is 13.2. The van der Waals surface area contributed by atoms with Gasteiger partial charge in [-0.25, -0.2) is 0 Å². The highest BCUT2D eigenvalue weighted by atomic mass is 16.5. The number of hydrogen-bond donors (Lipinski definition) is 0. The maximum absolute atomic E-state index is 11.9. The van der Waals surface area contributed by atoms with Gasteiger partial charge in [-0.1, -0.05) is 31.6 Å². The number of benzene rings is 1. The highest BCUT2D eigenvalue weighted by Gasteiger charge is 2.54. The molecule has 22 heavy (non-hydrogen) atoms. The molecule has 3 nitrogen and oxygen atoms in total. The maximum atomic E-state index is 11.9. The zero-order chi connectivity index (χ0) is 15.2. The molecule has 3 atom stereocenters. The number of unbranched alkanes of at least 4 members (excludes halogenated alkanes) is 1. The minimum Gasteiger partial charge on any atom is -0.493 e. The summed E-state index contributed by atoms with van der Waals surface area (Å²) in [5.41, 5.74) is 2.72. The molecule has 1 unspecified atom stereocenters. The lowest BCUT2D eigenvalue weighted by molar-refractivity contribution is -0.116. The quantitative estimate of drug-likeness (QED) is 0.799. The number of allylic oxidation sites excluding steroid dienone is 1. The molecule has 3 heteroatoms. The van der Waals surface area contributed by atoms with E-state index >= 15 is 0 Å². The van der Waals surface area contributed by atoms with Gasteiger partial charge >= 0.3 is 0 Å². The fourth-order valence-electron chi connectivity index (χ4n) is 4.45. The van der Waals surface area contributed by atoms with E-state index in [9.17, 15) is 4.79 Å². The molecule has 0 saturated carbocycles. The third-order valence-electron chi connectivity index (χ3n) is 5.52. The summed E-state index contributed by atoms with van der Waals surface area (Å²) in [5, 5.41) is 0. The first-order chi connectivity index (χ1) is 10.7. The van der Waals surface area contributed by atoms with Crippen LogP contribution in [0.3, 0.4) is 0 Å². The van der Waals surface area contributed by atoms with E-state index in [4.69, 9.17) is 4.74 Å². The molecule has 1 saturated heterocycles. The fourth-order valence-corrected chi connectivity index (χ4v) is 4.45. The minimum absolute atomic E-state index is 0.00962. The monoisotopic (exact) mass is 297 g/mol. The van der Waals surface area contributed by atoms with E-state index in [-0.39, 0.29) is 11.2 Å². The van der Waals surface area contributed by atoms with Crippen LogP contribution in [0.15, 0.2) is 30.4 Å². The van der Waals surface area contributed by atoms with Gasteiger partial charge in [0.05, 0.1) is 6.61 Å². The first-order valence-corrected chi connectivity index (χ1v) is 8.46. The Balaban J connectivity index is 1.80. The van der Waals surface area contributed by atoms with Crippen LogP contribution in [0.2, 0.25) is 0 Å². The van der Waals surface area contributed by atoms with E-state index in [2.05, 4.69) is 36.1 Å². The summed E-state index contributed by atoms with van der Waals surface area (Å²) in [6.45, 7) is 4.99. The SMILES string of the molecule is CCCCOc1cccc2c1[C@@]13C=CC(=O)C[C@@H]1N(CC3)C2. The summed E-state index contributed by atoms with van der Waals surface area (Å²) in [6.07, 6.45) is 7.96. The fraction of sp³-hybridized carbons (Fsp3) is 0.526. The van der Waals surface area contributed by atoms with Crippen molar-refractivity contribution in [2.24, 2.45) is 0 Å². The Labute approximate surface area is 132 Å². The minimum atomic E-state index is -0.00962. The van der Waals surface area contributed by atoms with Crippen molar-refractivity contribution in [3.8, 4) is 5.75 Å². The van der Waals surface area contributed by atoms with Gasteiger partial charge in [0.25, 0.3) is 0 Å². The second kappa shape index (κ2) is 5.24. The van der Waals surface area contributed by atoms with E-state index in [0.29, 0.717) is 12.5 Å². The molecule has 0 amide bonds. The molecule has 1 fully saturated rings. The van der Waals surface area contributed by atoms with E-state index in [1.165, 1.54) is 11.1 Å². The molecule has 1 aromatic carbocycles. The van der Waals surface area contributed by atoms with Crippen LogP contribution in [0.4, 0.5) is 0 Å². The van der Waals surface area contributed by atoms with Crippen LogP contribution in [0, 0.1) is 0 Å². The summed E-state index contributed by atoms with van der Waals surface area (Å²) < 4.78 is 6.13. The Morgan fingerprint density at radius 3 is 3.18 bits per heavy atom. The summed E-state index contributed by atoms with van der Waals surface area (Å²) in [4.78, 5) is 14.4. The van der Waals surface area contributed by atoms with Crippen molar-refractivity contribution in [1.82, 2.24) is 4.90 Å². The Morgan fingerprint density at radius 1 is 1.41 bits per heavy atom. The largest absolute Gasteiger partial charge is 0.493 e. The summed E-state index contributed by atoms with van der Waals surface area (Å²) in [6, 6.07) is 6.77. The Kier molecular flexibility index (Phi) is 3.33. The molecule has 1 aromatic rings. The number of ketones is 1. The number of carbonyl (C=O) groups excluding carboxylic acids is 1. The first kappa shape index (κ1) is 14.0. The summed E-state index contributed by atoms with van der Waals surface area (Å²) >= 11 is 0. The van der Waals surface area contributed by atoms with Crippen LogP contribution in [0.5, 0.6) is 5.75 Å². The van der Waals surface area contributed by atoms with Gasteiger partial charge < -0.3 is 4.74 Å². The van der Waals surface area contributed by atoms with Crippen molar-refractivity contribution >= 4 is 5.78 Å². The molecule has 0 N–H and O–H groups in total. The molecule has 2 aliphatic heterocycles. The Hall–Kier alpha value is -1.61. The number of nitrogens with zero attached hydrogens (tertiary/aromatic N) is 1. The molecular formula is C19H23NO2. The predicted molar refractivity (Wildman–Crippen MR) is 86.1 cm³/mol. The summed E-state index contributed by atoms with van der Waals surface area (Å²) in [5.74, 6) is 1.30. The van der Waals surface area contributed by atoms with Gasteiger partial charge in [-0.3, -0.25) is 9.69 Å². The van der Waals surface area contributed by atoms with Gasteiger partial charge in [0.2, 0.25) is 0 Å². The smallest absolute Gasteiger partial charge is 0.157 e. The molecule has 2 bridgehead atoms. The molecule has 1 aliphatic carbocycles. The van der Waals surface area contributed by atoms with E-state index in [1.807, 2.05) is 0 Å². The summed E-state index contributed by atoms with van der Waals surface area (Å²) in [7, 11) is 0.